The molecule has 0 fully saturated rings. The first kappa shape index (κ1) is 15.7. The molecule has 2 aromatic carbocycles. The van der Waals surface area contributed by atoms with Crippen LogP contribution in [-0.2, 0) is 0 Å². The van der Waals surface area contributed by atoms with Gasteiger partial charge < -0.3 is 9.15 Å². The average molecular weight is 305 g/mol. The normalized spacial score (nSPS) is 11.6. The molecule has 0 bridgehead atoms. The largest absolute Gasteiger partial charge is 0.488 e. The first-order valence-electron chi connectivity index (χ1n) is 8.13. The zero-order valence-corrected chi connectivity index (χ0v) is 14.0. The molecule has 0 atom stereocenters. The summed E-state index contributed by atoms with van der Waals surface area (Å²) in [5.41, 5.74) is 1.82. The van der Waals surface area contributed by atoms with Crippen LogP contribution in [0.1, 0.15) is 20.3 Å². The van der Waals surface area contributed by atoms with Crippen LogP contribution >= 0.6 is 0 Å². The van der Waals surface area contributed by atoms with Crippen molar-refractivity contribution in [3.63, 3.8) is 0 Å². The van der Waals surface area contributed by atoms with E-state index in [-0.39, 0.29) is 5.60 Å². The summed E-state index contributed by atoms with van der Waals surface area (Å²) in [6, 6.07) is 18.3. The van der Waals surface area contributed by atoms with Gasteiger partial charge in [0.1, 0.15) is 30.0 Å². The van der Waals surface area contributed by atoms with Gasteiger partial charge in [0.15, 0.2) is 0 Å². The van der Waals surface area contributed by atoms with E-state index in [1.807, 2.05) is 30.3 Å². The Balaban J connectivity index is 1.76. The minimum absolute atomic E-state index is 0.159. The summed E-state index contributed by atoms with van der Waals surface area (Å²) < 4.78 is 12.0. The second kappa shape index (κ2) is 6.53. The molecule has 0 unspecified atom stereocenters. The Morgan fingerprint density at radius 2 is 1.78 bits per heavy atom. The predicted octanol–water partition coefficient (Wildman–Crippen LogP) is 5.82. The molecule has 1 heterocycles. The molecule has 0 aliphatic heterocycles. The molecule has 0 aliphatic carbocycles. The van der Waals surface area contributed by atoms with E-state index in [2.05, 4.69) is 52.2 Å². The minimum atomic E-state index is -0.159. The van der Waals surface area contributed by atoms with Gasteiger partial charge in [-0.25, -0.2) is 0 Å². The van der Waals surface area contributed by atoms with Crippen LogP contribution in [0.2, 0.25) is 13.1 Å². The molecule has 1 radical (unpaired) electrons. The van der Waals surface area contributed by atoms with E-state index in [1.54, 1.807) is 0 Å². The van der Waals surface area contributed by atoms with Crippen molar-refractivity contribution in [3.8, 4) is 17.1 Å². The highest BCUT2D eigenvalue weighted by Gasteiger charge is 2.19. The Morgan fingerprint density at radius 1 is 1.04 bits per heavy atom. The van der Waals surface area contributed by atoms with Crippen molar-refractivity contribution in [2.45, 2.75) is 39.0 Å². The van der Waals surface area contributed by atoms with Gasteiger partial charge in [0.2, 0.25) is 0 Å². The van der Waals surface area contributed by atoms with Crippen LogP contribution in [-0.4, -0.2) is 12.9 Å². The molecular weight excluding hydrogens is 283 g/mol. The third-order valence-electron chi connectivity index (χ3n) is 3.99. The number of benzene rings is 2. The average Bonchev–Trinajstić information content (AvgIpc) is 2.97. The lowest BCUT2D eigenvalue weighted by molar-refractivity contribution is 0.105. The summed E-state index contributed by atoms with van der Waals surface area (Å²) in [4.78, 5) is 0. The second-order valence-corrected chi connectivity index (χ2v) is 6.48. The minimum Gasteiger partial charge on any atom is -0.488 e. The maximum Gasteiger partial charge on any atom is 0.135 e. The summed E-state index contributed by atoms with van der Waals surface area (Å²) in [6.45, 7) is 6.34. The fourth-order valence-corrected chi connectivity index (χ4v) is 2.67. The van der Waals surface area contributed by atoms with E-state index in [4.69, 9.17) is 9.15 Å². The molecule has 1 aromatic heterocycles. The zero-order chi connectivity index (χ0) is 16.3. The van der Waals surface area contributed by atoms with E-state index < -0.39 is 0 Å². The van der Waals surface area contributed by atoms with Gasteiger partial charge in [0.05, 0.1) is 0 Å². The number of hydrogen-bond donors (Lipinski definition) is 0. The second-order valence-electron chi connectivity index (χ2n) is 6.48. The molecule has 2 nitrogen and oxygen atoms in total. The molecular formula is C20H22BO2. The van der Waals surface area contributed by atoms with Crippen LogP contribution in [0.15, 0.2) is 59.0 Å². The van der Waals surface area contributed by atoms with E-state index in [1.165, 1.54) is 0 Å². The van der Waals surface area contributed by atoms with Gasteiger partial charge in [-0.1, -0.05) is 31.3 Å². The monoisotopic (exact) mass is 305 g/mol. The predicted molar refractivity (Wildman–Crippen MR) is 97.4 cm³/mol. The first-order chi connectivity index (χ1) is 11.1. The number of fused-ring (bicyclic) bond motifs is 1. The van der Waals surface area contributed by atoms with Crippen LogP contribution in [0.3, 0.4) is 0 Å². The van der Waals surface area contributed by atoms with Crippen LogP contribution in [0.4, 0.5) is 0 Å². The summed E-state index contributed by atoms with van der Waals surface area (Å²) in [7, 11) is 2.18. The van der Waals surface area contributed by atoms with Crippen molar-refractivity contribution in [1.82, 2.24) is 0 Å². The number of rotatable bonds is 6. The molecule has 0 amide bonds. The highest BCUT2D eigenvalue weighted by Crippen LogP contribution is 2.30. The van der Waals surface area contributed by atoms with Crippen LogP contribution in [0, 0.1) is 0 Å². The summed E-state index contributed by atoms with van der Waals surface area (Å²) in [6.07, 6.45) is 2.07. The highest BCUT2D eigenvalue weighted by molar-refractivity contribution is 6.33. The molecule has 117 valence electrons. The smallest absolute Gasteiger partial charge is 0.135 e. The Labute approximate surface area is 138 Å². The van der Waals surface area contributed by atoms with E-state index in [0.717, 1.165) is 40.8 Å². The fraction of sp³-hybridized carbons (Fsp3) is 0.300. The van der Waals surface area contributed by atoms with Crippen LogP contribution in [0.5, 0.6) is 5.75 Å². The van der Waals surface area contributed by atoms with Crippen LogP contribution in [0.25, 0.3) is 22.3 Å². The summed E-state index contributed by atoms with van der Waals surface area (Å²) in [5, 5.41) is 1.12. The SMILES string of the molecule is C[B]CCC(C)(C)Oc1ccc(-c2cc3ccccc3o2)cc1. The van der Waals surface area contributed by atoms with Gasteiger partial charge >= 0.3 is 0 Å². The first-order valence-corrected chi connectivity index (χ1v) is 8.13. The van der Waals surface area contributed by atoms with Gasteiger partial charge in [0, 0.05) is 10.9 Å². The molecule has 23 heavy (non-hydrogen) atoms. The quantitative estimate of drug-likeness (QED) is 0.535. The van der Waals surface area contributed by atoms with Gasteiger partial charge in [-0.3, -0.25) is 0 Å². The van der Waals surface area contributed by atoms with Crippen molar-refractivity contribution < 1.29 is 9.15 Å². The molecule has 3 aromatic rings. The molecule has 3 rings (SSSR count). The van der Waals surface area contributed by atoms with Crippen molar-refractivity contribution in [2.75, 3.05) is 0 Å². The van der Waals surface area contributed by atoms with Crippen molar-refractivity contribution >= 4 is 18.2 Å². The van der Waals surface area contributed by atoms with Crippen molar-refractivity contribution in [3.05, 3.63) is 54.6 Å². The molecule has 0 spiro atoms. The lowest BCUT2D eigenvalue weighted by atomic mass is 9.74. The molecule has 0 N–H and O–H groups in total. The zero-order valence-electron chi connectivity index (χ0n) is 14.0. The van der Waals surface area contributed by atoms with Gasteiger partial charge in [-0.05, 0) is 56.7 Å². The third kappa shape index (κ3) is 3.79. The van der Waals surface area contributed by atoms with Gasteiger partial charge in [-0.15, -0.1) is 0 Å². The van der Waals surface area contributed by atoms with Crippen LogP contribution < -0.4 is 4.74 Å². The maximum absolute atomic E-state index is 6.10. The highest BCUT2D eigenvalue weighted by atomic mass is 16.5. The van der Waals surface area contributed by atoms with Gasteiger partial charge in [-0.2, -0.15) is 0 Å². The fourth-order valence-electron chi connectivity index (χ4n) is 2.67. The van der Waals surface area contributed by atoms with Crippen molar-refractivity contribution in [2.24, 2.45) is 0 Å². The molecule has 0 saturated carbocycles. The lowest BCUT2D eigenvalue weighted by Gasteiger charge is -2.26. The Bertz CT molecular complexity index is 739. The standard InChI is InChI=1S/C20H22BO2/c1-20(2,12-13-21-3)23-17-10-8-15(9-11-17)19-14-16-6-4-5-7-18(16)22-19/h4-11,14H,12-13H2,1-3H3. The number of ether oxygens (including phenoxy) is 1. The molecule has 0 saturated heterocycles. The van der Waals surface area contributed by atoms with Gasteiger partial charge in [0.25, 0.3) is 0 Å². The van der Waals surface area contributed by atoms with E-state index >= 15 is 0 Å². The van der Waals surface area contributed by atoms with E-state index in [0.29, 0.717) is 0 Å². The molecule has 0 aliphatic rings. The summed E-state index contributed by atoms with van der Waals surface area (Å²) >= 11 is 0. The maximum atomic E-state index is 6.10. The van der Waals surface area contributed by atoms with E-state index in [9.17, 15) is 0 Å². The molecule has 3 heteroatoms. The van der Waals surface area contributed by atoms with Crippen molar-refractivity contribution in [1.29, 1.82) is 0 Å². The lowest BCUT2D eigenvalue weighted by Crippen LogP contribution is -2.28. The number of para-hydroxylation sites is 1. The Hall–Kier alpha value is -2.16. The Kier molecular flexibility index (Phi) is 4.47. The number of furan rings is 1. The Morgan fingerprint density at radius 3 is 2.48 bits per heavy atom. The number of hydrogen-bond acceptors (Lipinski definition) is 2. The summed E-state index contributed by atoms with van der Waals surface area (Å²) in [5.74, 6) is 1.78. The topological polar surface area (TPSA) is 22.4 Å². The third-order valence-corrected chi connectivity index (χ3v) is 3.99.